The van der Waals surface area contributed by atoms with Gasteiger partial charge in [0.25, 0.3) is 0 Å². The van der Waals surface area contributed by atoms with Gasteiger partial charge >= 0.3 is 290 Å². The van der Waals surface area contributed by atoms with E-state index in [9.17, 15) is 0 Å². The fraction of sp³-hybridized carbons (Fsp3) is 0.245. The molecule has 0 saturated heterocycles. The van der Waals surface area contributed by atoms with Crippen molar-refractivity contribution in [2.24, 2.45) is 0 Å². The van der Waals surface area contributed by atoms with Gasteiger partial charge in [0.05, 0.1) is 0 Å². The van der Waals surface area contributed by atoms with Gasteiger partial charge in [0.2, 0.25) is 0 Å². The van der Waals surface area contributed by atoms with E-state index < -0.39 is 0 Å². The Bertz CT molecular complexity index is 4550. The molecule has 0 bridgehead atoms. The predicted molar refractivity (Wildman–Crippen MR) is 426 cm³/mol. The molecule has 12 aromatic rings. The molecule has 4 aliphatic rings. The van der Waals surface area contributed by atoms with Gasteiger partial charge in [-0.15, -0.1) is 46.2 Å². The second kappa shape index (κ2) is 33.7. The average Bonchev–Trinajstić information content (AvgIpc) is 1.60. The monoisotopic (exact) mass is 1520 g/mol. The predicted octanol–water partition coefficient (Wildman–Crippen LogP) is 19.4. The van der Waals surface area contributed by atoms with Gasteiger partial charge < -0.3 is 24.8 Å². The fourth-order valence-corrected chi connectivity index (χ4v) is 16.0. The van der Waals surface area contributed by atoms with Gasteiger partial charge in [-0.05, 0) is 70.9 Å². The second-order valence-electron chi connectivity index (χ2n) is 31.4. The minimum absolute atomic E-state index is 0. The van der Waals surface area contributed by atoms with Gasteiger partial charge in [-0.2, -0.15) is 47.5 Å². The Balaban J connectivity index is 0.000000150. The summed E-state index contributed by atoms with van der Waals surface area (Å²) in [5.41, 5.74) is 28.5. The quantitative estimate of drug-likeness (QED) is 0.154. The minimum atomic E-state index is 0. The molecule has 4 aliphatic carbocycles. The van der Waals surface area contributed by atoms with E-state index in [2.05, 4.69) is 353 Å². The molecule has 102 heavy (non-hydrogen) atoms. The summed E-state index contributed by atoms with van der Waals surface area (Å²) in [7, 11) is 0. The standard InChI is InChI=1S/2C23H29.2C21H14.2C5H5.2ClH.2Zr/c2*1-14-9-16-11-17-10-15(2)21(23(6,7)8)13-19(17)18(16)12-20(14)22(3,4)5;2*1-3-7-20-14-16(9-11-18(20)5-1)13-17-10-12-19-6-2-4-8-21(19)15-17;2*1-2-4-5-3-1;;;;/h2*9,12-13H,11H2,1-8H3;2*1-12,14-15H;2*1-3H,4H2;2*1H;;/q2*-1;;;2*-1;;;2*+2/p-2. The summed E-state index contributed by atoms with van der Waals surface area (Å²) in [5, 5.41) is 10.4. The van der Waals surface area contributed by atoms with Crippen LogP contribution in [0.15, 0.2) is 243 Å². The number of rotatable bonds is 4. The molecular formula is C98H96Cl2Zr2-2. The zero-order valence-electron chi connectivity index (χ0n) is 62.7. The zero-order chi connectivity index (χ0) is 71.3. The molecule has 512 valence electrons. The molecule has 16 rings (SSSR count). The van der Waals surface area contributed by atoms with Crippen LogP contribution in [0.25, 0.3) is 65.3 Å². The van der Waals surface area contributed by atoms with E-state index >= 15 is 0 Å². The van der Waals surface area contributed by atoms with Gasteiger partial charge in [0.15, 0.2) is 0 Å². The molecule has 0 saturated carbocycles. The number of benzene rings is 12. The molecular weight excluding hydrogens is 1430 g/mol. The fourth-order valence-electron chi connectivity index (χ4n) is 14.4. The summed E-state index contributed by atoms with van der Waals surface area (Å²) < 4.78 is 2.81. The third-order valence-electron chi connectivity index (χ3n) is 19.5. The van der Waals surface area contributed by atoms with Crippen molar-refractivity contribution < 1.29 is 73.3 Å². The maximum absolute atomic E-state index is 3.69. The maximum atomic E-state index is 3.69. The summed E-state index contributed by atoms with van der Waals surface area (Å²) in [4.78, 5) is 0. The molecule has 4 heteroatoms. The van der Waals surface area contributed by atoms with Crippen LogP contribution in [-0.4, -0.2) is 6.41 Å². The molecule has 0 N–H and O–H groups in total. The number of hydrogen-bond donors (Lipinski definition) is 0. The Morgan fingerprint density at radius 2 is 0.578 bits per heavy atom. The van der Waals surface area contributed by atoms with Crippen molar-refractivity contribution in [2.45, 2.75) is 158 Å². The normalized spacial score (nSPS) is 12.7. The summed E-state index contributed by atoms with van der Waals surface area (Å²) in [5.74, 6) is 0. The number of halogens is 2. The molecule has 0 unspecified atom stereocenters. The van der Waals surface area contributed by atoms with Crippen molar-refractivity contribution in [3.8, 4) is 22.3 Å². The van der Waals surface area contributed by atoms with Crippen LogP contribution in [0.4, 0.5) is 0 Å². The Morgan fingerprint density at radius 1 is 0.314 bits per heavy atom. The first kappa shape index (κ1) is 78.9. The molecule has 0 nitrogen and oxygen atoms in total. The van der Waals surface area contributed by atoms with Crippen LogP contribution < -0.4 is 24.8 Å². The van der Waals surface area contributed by atoms with Crippen molar-refractivity contribution in [2.75, 3.05) is 0 Å². The van der Waals surface area contributed by atoms with Gasteiger partial charge in [-0.3, -0.25) is 12.2 Å². The molecule has 12 aromatic carbocycles. The van der Waals surface area contributed by atoms with Gasteiger partial charge in [0.1, 0.15) is 0 Å². The van der Waals surface area contributed by atoms with E-state index in [1.165, 1.54) is 209 Å². The van der Waals surface area contributed by atoms with Gasteiger partial charge in [0, 0.05) is 0 Å². The zero-order valence-corrected chi connectivity index (χ0v) is 69.1. The van der Waals surface area contributed by atoms with Crippen molar-refractivity contribution in [3.63, 3.8) is 0 Å². The third-order valence-corrected chi connectivity index (χ3v) is 22.3. The number of hydrogen-bond acceptors (Lipinski definition) is 0. The average molecular weight is 1530 g/mol. The SMILES string of the molecule is Cc1[c-]c2c(cc1C(C)(C)C)-c1cc(C(C)(C)C)c(C)cc1C2.Cc1[c-]c2c(cc1C(C)(C)C)-c1cc(C(C)(C)C)c(C)cc1C2.[C-]1=CC=CC1.[C-]1=CC=CC1.[Cl-].[Cl-].[Zr+2]=[C](c1ccc2ccccc2c1)c1ccc2ccccc2c1.[Zr+2]=[C](c1ccc2ccccc2c1)c1ccc2ccccc2c1. The van der Waals surface area contributed by atoms with Gasteiger partial charge in [-0.1, -0.05) is 143 Å². The number of aryl methyl sites for hydroxylation is 4. The molecule has 0 heterocycles. The number of fused-ring (bicyclic) bond motifs is 10. The molecule has 0 atom stereocenters. The molecule has 0 fully saturated rings. The summed E-state index contributed by atoms with van der Waals surface area (Å²) in [6, 6.07) is 83.1. The van der Waals surface area contributed by atoms with Crippen molar-refractivity contribution in [1.82, 2.24) is 0 Å². The van der Waals surface area contributed by atoms with E-state index in [0.717, 1.165) is 25.7 Å². The molecule has 0 aromatic heterocycles. The Hall–Kier alpha value is -7.27. The van der Waals surface area contributed by atoms with Crippen LogP contribution in [0.3, 0.4) is 0 Å². The van der Waals surface area contributed by atoms with Crippen molar-refractivity contribution >= 4 is 49.5 Å². The van der Waals surface area contributed by atoms with Crippen LogP contribution in [-0.2, 0) is 83.0 Å². The topological polar surface area (TPSA) is 0 Å². The van der Waals surface area contributed by atoms with Crippen LogP contribution in [0, 0.1) is 52.0 Å². The van der Waals surface area contributed by atoms with E-state index in [1.807, 2.05) is 24.3 Å². The van der Waals surface area contributed by atoms with Crippen LogP contribution >= 0.6 is 0 Å². The van der Waals surface area contributed by atoms with Gasteiger partial charge in [-0.25, -0.2) is 24.3 Å². The van der Waals surface area contributed by atoms with Crippen LogP contribution in [0.5, 0.6) is 0 Å². The third kappa shape index (κ3) is 19.0. The van der Waals surface area contributed by atoms with Crippen LogP contribution in [0.1, 0.15) is 185 Å². The summed E-state index contributed by atoms with van der Waals surface area (Å²) in [6.45, 7) is 36.5. The Kier molecular flexibility index (Phi) is 26.0. The Morgan fingerprint density at radius 3 is 0.814 bits per heavy atom. The van der Waals surface area contributed by atoms with Crippen LogP contribution in [0.2, 0.25) is 0 Å². The molecule has 0 amide bonds. The Labute approximate surface area is 653 Å². The summed E-state index contributed by atoms with van der Waals surface area (Å²) >= 11 is 2.89. The number of allylic oxidation sites excluding steroid dienone is 8. The summed E-state index contributed by atoms with van der Waals surface area (Å²) in [6.07, 6.45) is 22.1. The van der Waals surface area contributed by atoms with E-state index in [1.54, 1.807) is 0 Å². The van der Waals surface area contributed by atoms with E-state index in [4.69, 9.17) is 0 Å². The first-order valence-electron chi connectivity index (χ1n) is 35.6. The molecule has 0 radical (unpaired) electrons. The first-order valence-corrected chi connectivity index (χ1v) is 38.0. The molecule has 0 aliphatic heterocycles. The van der Waals surface area contributed by atoms with Crippen molar-refractivity contribution in [1.29, 1.82) is 0 Å². The van der Waals surface area contributed by atoms with Crippen molar-refractivity contribution in [3.05, 3.63) is 356 Å². The van der Waals surface area contributed by atoms with E-state index in [0.29, 0.717) is 0 Å². The second-order valence-corrected chi connectivity index (χ2v) is 33.9. The molecule has 0 spiro atoms. The van der Waals surface area contributed by atoms with E-state index in [-0.39, 0.29) is 46.5 Å². The first-order chi connectivity index (χ1) is 47.6.